The molecule has 0 aliphatic heterocycles. The van der Waals surface area contributed by atoms with Crippen LogP contribution in [0.2, 0.25) is 0 Å². The van der Waals surface area contributed by atoms with E-state index in [0.717, 1.165) is 16.9 Å². The Labute approximate surface area is 103 Å². The van der Waals surface area contributed by atoms with Gasteiger partial charge < -0.3 is 9.88 Å². The second-order valence-electron chi connectivity index (χ2n) is 4.12. The van der Waals surface area contributed by atoms with Crippen molar-refractivity contribution < 1.29 is 13.2 Å². The number of imidazole rings is 1. The highest BCUT2D eigenvalue weighted by Crippen LogP contribution is 2.15. The second-order valence-corrected chi connectivity index (χ2v) is 4.12. The summed E-state index contributed by atoms with van der Waals surface area (Å²) in [5.41, 5.74) is 1.86. The first kappa shape index (κ1) is 12.9. The van der Waals surface area contributed by atoms with Gasteiger partial charge in [-0.2, -0.15) is 13.2 Å². The first-order valence-electron chi connectivity index (χ1n) is 5.65. The minimum Gasteiger partial charge on any atom is -0.331 e. The summed E-state index contributed by atoms with van der Waals surface area (Å²) in [7, 11) is 1.87. The summed E-state index contributed by atoms with van der Waals surface area (Å²) < 4.78 is 37.7. The highest BCUT2D eigenvalue weighted by molar-refractivity contribution is 5.75. The van der Waals surface area contributed by atoms with E-state index in [1.54, 1.807) is 0 Å². The van der Waals surface area contributed by atoms with Gasteiger partial charge in [0.25, 0.3) is 0 Å². The number of fused-ring (bicyclic) bond motifs is 1. The normalized spacial score (nSPS) is 12.2. The van der Waals surface area contributed by atoms with Gasteiger partial charge in [-0.25, -0.2) is 4.98 Å². The first-order chi connectivity index (χ1) is 8.47. The van der Waals surface area contributed by atoms with Gasteiger partial charge in [-0.1, -0.05) is 12.1 Å². The Morgan fingerprint density at radius 2 is 2.00 bits per heavy atom. The van der Waals surface area contributed by atoms with Gasteiger partial charge in [0.1, 0.15) is 5.82 Å². The van der Waals surface area contributed by atoms with E-state index < -0.39 is 12.7 Å². The summed E-state index contributed by atoms with van der Waals surface area (Å²) in [5, 5.41) is 2.37. The van der Waals surface area contributed by atoms with Crippen LogP contribution in [0.3, 0.4) is 0 Å². The van der Waals surface area contributed by atoms with E-state index in [1.807, 2.05) is 35.9 Å². The summed E-state index contributed by atoms with van der Waals surface area (Å²) in [4.78, 5) is 4.39. The molecule has 2 rings (SSSR count). The summed E-state index contributed by atoms with van der Waals surface area (Å²) in [5.74, 6) is 0.783. The van der Waals surface area contributed by atoms with Crippen molar-refractivity contribution in [2.75, 3.05) is 13.1 Å². The standard InChI is InChI=1S/C12H14F3N3/c1-18-10-5-3-2-4-9(10)17-11(18)6-7-16-8-12(13,14)15/h2-5,16H,6-8H2,1H3. The molecule has 0 spiro atoms. The highest BCUT2D eigenvalue weighted by Gasteiger charge is 2.26. The van der Waals surface area contributed by atoms with Crippen molar-refractivity contribution in [3.05, 3.63) is 30.1 Å². The summed E-state index contributed by atoms with van der Waals surface area (Å²) >= 11 is 0. The van der Waals surface area contributed by atoms with Crippen molar-refractivity contribution in [1.82, 2.24) is 14.9 Å². The molecule has 18 heavy (non-hydrogen) atoms. The lowest BCUT2D eigenvalue weighted by molar-refractivity contribution is -0.124. The lowest BCUT2D eigenvalue weighted by Crippen LogP contribution is -2.30. The molecule has 0 fully saturated rings. The molecular formula is C12H14F3N3. The summed E-state index contributed by atoms with van der Waals surface area (Å²) in [6, 6.07) is 7.63. The highest BCUT2D eigenvalue weighted by atomic mass is 19.4. The Bertz CT molecular complexity index is 531. The fraction of sp³-hybridized carbons (Fsp3) is 0.417. The zero-order valence-electron chi connectivity index (χ0n) is 9.96. The number of aromatic nitrogens is 2. The lowest BCUT2D eigenvalue weighted by Gasteiger charge is -2.07. The summed E-state index contributed by atoms with van der Waals surface area (Å²) in [6.45, 7) is -0.701. The Kier molecular flexibility index (Phi) is 3.56. The predicted octanol–water partition coefficient (Wildman–Crippen LogP) is 2.27. The quantitative estimate of drug-likeness (QED) is 0.851. The maximum Gasteiger partial charge on any atom is 0.401 e. The lowest BCUT2D eigenvalue weighted by atomic mass is 10.3. The van der Waals surface area contributed by atoms with Crippen LogP contribution >= 0.6 is 0 Å². The number of nitrogens with one attached hydrogen (secondary N) is 1. The minimum absolute atomic E-state index is 0.261. The number of alkyl halides is 3. The number of nitrogens with zero attached hydrogens (tertiary/aromatic N) is 2. The van der Waals surface area contributed by atoms with Gasteiger partial charge in [-0.15, -0.1) is 0 Å². The van der Waals surface area contributed by atoms with E-state index in [2.05, 4.69) is 10.3 Å². The van der Waals surface area contributed by atoms with Crippen LogP contribution in [0.15, 0.2) is 24.3 Å². The Hall–Kier alpha value is -1.56. The Morgan fingerprint density at radius 3 is 2.67 bits per heavy atom. The molecule has 1 aromatic carbocycles. The van der Waals surface area contributed by atoms with Crippen LogP contribution in [-0.4, -0.2) is 28.8 Å². The van der Waals surface area contributed by atoms with E-state index >= 15 is 0 Å². The molecule has 2 aromatic rings. The predicted molar refractivity (Wildman–Crippen MR) is 63.3 cm³/mol. The topological polar surface area (TPSA) is 29.9 Å². The third-order valence-corrected chi connectivity index (χ3v) is 2.73. The molecule has 0 aliphatic rings. The first-order valence-corrected chi connectivity index (χ1v) is 5.65. The maximum atomic E-state index is 11.9. The number of benzene rings is 1. The van der Waals surface area contributed by atoms with Gasteiger partial charge in [0.05, 0.1) is 17.6 Å². The van der Waals surface area contributed by atoms with Crippen molar-refractivity contribution in [2.45, 2.75) is 12.6 Å². The number of halogens is 3. The molecule has 98 valence electrons. The number of rotatable bonds is 4. The molecule has 0 bridgehead atoms. The van der Waals surface area contributed by atoms with E-state index in [4.69, 9.17) is 0 Å². The van der Waals surface area contributed by atoms with E-state index in [-0.39, 0.29) is 6.54 Å². The van der Waals surface area contributed by atoms with Crippen LogP contribution < -0.4 is 5.32 Å². The smallest absolute Gasteiger partial charge is 0.331 e. The largest absolute Gasteiger partial charge is 0.401 e. The van der Waals surface area contributed by atoms with Gasteiger partial charge in [-0.05, 0) is 12.1 Å². The molecule has 0 amide bonds. The fourth-order valence-corrected chi connectivity index (χ4v) is 1.85. The Balaban J connectivity index is 1.98. The molecule has 6 heteroatoms. The zero-order valence-corrected chi connectivity index (χ0v) is 9.96. The maximum absolute atomic E-state index is 11.9. The average Bonchev–Trinajstić information content (AvgIpc) is 2.62. The molecule has 0 radical (unpaired) electrons. The van der Waals surface area contributed by atoms with Crippen molar-refractivity contribution >= 4 is 11.0 Å². The van der Waals surface area contributed by atoms with Crippen LogP contribution in [0.4, 0.5) is 13.2 Å². The molecule has 0 aliphatic carbocycles. The second kappa shape index (κ2) is 4.97. The van der Waals surface area contributed by atoms with Crippen LogP contribution in [0.25, 0.3) is 11.0 Å². The molecule has 1 heterocycles. The third-order valence-electron chi connectivity index (χ3n) is 2.73. The number of hydrogen-bond donors (Lipinski definition) is 1. The number of para-hydroxylation sites is 2. The molecule has 0 saturated heterocycles. The molecule has 1 N–H and O–H groups in total. The van der Waals surface area contributed by atoms with Crippen LogP contribution in [0.5, 0.6) is 0 Å². The SMILES string of the molecule is Cn1c(CCNCC(F)(F)F)nc2ccccc21. The van der Waals surface area contributed by atoms with E-state index in [9.17, 15) is 13.2 Å². The molecule has 0 unspecified atom stereocenters. The molecule has 3 nitrogen and oxygen atoms in total. The summed E-state index contributed by atoms with van der Waals surface area (Å²) in [6.07, 6.45) is -3.69. The van der Waals surface area contributed by atoms with Crippen molar-refractivity contribution in [2.24, 2.45) is 7.05 Å². The molecule has 1 aromatic heterocycles. The van der Waals surface area contributed by atoms with Gasteiger partial charge in [-0.3, -0.25) is 0 Å². The third kappa shape index (κ3) is 3.01. The van der Waals surface area contributed by atoms with Crippen molar-refractivity contribution in [3.63, 3.8) is 0 Å². The van der Waals surface area contributed by atoms with Crippen molar-refractivity contribution in [3.8, 4) is 0 Å². The van der Waals surface area contributed by atoms with E-state index in [1.165, 1.54) is 0 Å². The van der Waals surface area contributed by atoms with Crippen LogP contribution in [-0.2, 0) is 13.5 Å². The fourth-order valence-electron chi connectivity index (χ4n) is 1.85. The molecule has 0 saturated carbocycles. The number of aryl methyl sites for hydroxylation is 1. The molecular weight excluding hydrogens is 243 g/mol. The van der Waals surface area contributed by atoms with E-state index in [0.29, 0.717) is 6.42 Å². The van der Waals surface area contributed by atoms with Gasteiger partial charge in [0.2, 0.25) is 0 Å². The van der Waals surface area contributed by atoms with Gasteiger partial charge in [0.15, 0.2) is 0 Å². The van der Waals surface area contributed by atoms with Crippen molar-refractivity contribution in [1.29, 1.82) is 0 Å². The molecule has 0 atom stereocenters. The Morgan fingerprint density at radius 1 is 1.28 bits per heavy atom. The number of hydrogen-bond acceptors (Lipinski definition) is 2. The monoisotopic (exact) mass is 257 g/mol. The zero-order chi connectivity index (χ0) is 13.2. The van der Waals surface area contributed by atoms with Gasteiger partial charge in [0, 0.05) is 20.0 Å². The van der Waals surface area contributed by atoms with Crippen LogP contribution in [0, 0.1) is 0 Å². The van der Waals surface area contributed by atoms with Gasteiger partial charge >= 0.3 is 6.18 Å². The minimum atomic E-state index is -4.16. The average molecular weight is 257 g/mol. The van der Waals surface area contributed by atoms with Crippen LogP contribution in [0.1, 0.15) is 5.82 Å².